The van der Waals surface area contributed by atoms with Crippen molar-refractivity contribution in [1.82, 2.24) is 29.1 Å². The summed E-state index contributed by atoms with van der Waals surface area (Å²) in [5.41, 5.74) is 5.58. The van der Waals surface area contributed by atoms with E-state index in [4.69, 9.17) is 0 Å². The van der Waals surface area contributed by atoms with Crippen LogP contribution in [0.1, 0.15) is 33.9 Å². The monoisotopic (exact) mass is 472 g/mol. The summed E-state index contributed by atoms with van der Waals surface area (Å²) in [5.74, 6) is 1.22. The summed E-state index contributed by atoms with van der Waals surface area (Å²) in [6.07, 6.45) is 2.06. The molecule has 0 amide bonds. The van der Waals surface area contributed by atoms with Crippen LogP contribution in [0.15, 0.2) is 57.3 Å². The fourth-order valence-electron chi connectivity index (χ4n) is 4.28. The first-order chi connectivity index (χ1) is 16.3. The van der Waals surface area contributed by atoms with Crippen molar-refractivity contribution < 1.29 is 0 Å². The van der Waals surface area contributed by atoms with E-state index in [-0.39, 0.29) is 11.0 Å². The van der Waals surface area contributed by atoms with Gasteiger partial charge in [0, 0.05) is 53.8 Å². The number of benzene rings is 1. The van der Waals surface area contributed by atoms with Crippen molar-refractivity contribution in [2.45, 2.75) is 38.1 Å². The van der Waals surface area contributed by atoms with Crippen molar-refractivity contribution in [1.29, 1.82) is 0 Å². The first-order valence-corrected chi connectivity index (χ1v) is 11.9. The van der Waals surface area contributed by atoms with Gasteiger partial charge in [-0.2, -0.15) is 0 Å². The lowest BCUT2D eigenvalue weighted by atomic mass is 10.1. The maximum atomic E-state index is 13.0. The van der Waals surface area contributed by atoms with Gasteiger partial charge in [-0.1, -0.05) is 23.9 Å². The van der Waals surface area contributed by atoms with Crippen LogP contribution in [0.3, 0.4) is 0 Å². The molecule has 172 valence electrons. The molecule has 0 atom stereocenters. The summed E-state index contributed by atoms with van der Waals surface area (Å²) in [6, 6.07) is 11.2. The van der Waals surface area contributed by atoms with E-state index in [1.165, 1.54) is 11.8 Å². The minimum absolute atomic E-state index is 0.0141. The summed E-state index contributed by atoms with van der Waals surface area (Å²) in [5, 5.41) is 10.1. The Kier molecular flexibility index (Phi) is 5.57. The van der Waals surface area contributed by atoms with E-state index in [2.05, 4.69) is 20.2 Å². The Bertz CT molecular complexity index is 1680. The summed E-state index contributed by atoms with van der Waals surface area (Å²) < 4.78 is 3.44. The van der Waals surface area contributed by atoms with Gasteiger partial charge in [-0.05, 0) is 50.1 Å². The summed E-state index contributed by atoms with van der Waals surface area (Å²) in [7, 11) is 1.88. The highest BCUT2D eigenvalue weighted by Gasteiger charge is 2.16. The second-order valence-corrected chi connectivity index (χ2v) is 9.44. The standard InChI is InChI=1S/C25H24N6O2S/c1-14-9-15(2)23-19(10-14)27-17(11-20(23)32)13-34-25-29-28-22(30(25)4)12-18-16(3)26-21-7-5-6-8-31(21)24(18)33/h5-11H,12-13H2,1-4H3,(H,27,32). The number of thioether (sulfide) groups is 1. The third-order valence-electron chi connectivity index (χ3n) is 5.98. The average Bonchev–Trinajstić information content (AvgIpc) is 3.13. The number of nitrogens with zero attached hydrogens (tertiary/aromatic N) is 5. The van der Waals surface area contributed by atoms with Gasteiger partial charge >= 0.3 is 0 Å². The fourth-order valence-corrected chi connectivity index (χ4v) is 5.11. The maximum absolute atomic E-state index is 13.0. The van der Waals surface area contributed by atoms with Crippen molar-refractivity contribution in [2.24, 2.45) is 7.05 Å². The van der Waals surface area contributed by atoms with Gasteiger partial charge in [0.05, 0.1) is 5.52 Å². The molecule has 0 saturated heterocycles. The highest BCUT2D eigenvalue weighted by molar-refractivity contribution is 7.98. The molecule has 4 heterocycles. The van der Waals surface area contributed by atoms with Crippen LogP contribution in [0.4, 0.5) is 0 Å². The van der Waals surface area contributed by atoms with Crippen LogP contribution >= 0.6 is 11.8 Å². The molecule has 1 N–H and O–H groups in total. The highest BCUT2D eigenvalue weighted by Crippen LogP contribution is 2.23. The lowest BCUT2D eigenvalue weighted by Crippen LogP contribution is -2.22. The number of H-pyrrole nitrogens is 1. The van der Waals surface area contributed by atoms with E-state index < -0.39 is 0 Å². The van der Waals surface area contributed by atoms with Gasteiger partial charge in [0.15, 0.2) is 10.6 Å². The van der Waals surface area contributed by atoms with Crippen LogP contribution in [0.2, 0.25) is 0 Å². The fraction of sp³-hybridized carbons (Fsp3) is 0.240. The zero-order valence-corrected chi connectivity index (χ0v) is 20.2. The van der Waals surface area contributed by atoms with E-state index in [9.17, 15) is 9.59 Å². The topological polar surface area (TPSA) is 97.9 Å². The van der Waals surface area contributed by atoms with E-state index >= 15 is 0 Å². The van der Waals surface area contributed by atoms with Gasteiger partial charge in [-0.15, -0.1) is 10.2 Å². The molecule has 0 aliphatic heterocycles. The first kappa shape index (κ1) is 22.1. The van der Waals surface area contributed by atoms with Crippen LogP contribution in [0.25, 0.3) is 16.6 Å². The predicted octanol–water partition coefficient (Wildman–Crippen LogP) is 3.47. The van der Waals surface area contributed by atoms with E-state index in [0.29, 0.717) is 40.1 Å². The van der Waals surface area contributed by atoms with Crippen LogP contribution in [-0.4, -0.2) is 29.1 Å². The zero-order valence-electron chi connectivity index (χ0n) is 19.4. The molecule has 0 bridgehead atoms. The SMILES string of the molecule is Cc1cc(C)c2c(=O)cc(CSc3nnc(Cc4c(C)nc5ccccn5c4=O)n3C)[nH]c2c1. The molecular formula is C25H24N6O2S. The molecule has 4 aromatic heterocycles. The molecule has 8 nitrogen and oxygen atoms in total. The van der Waals surface area contributed by atoms with Crippen molar-refractivity contribution in [3.8, 4) is 0 Å². The Morgan fingerprint density at radius 3 is 2.71 bits per heavy atom. The quantitative estimate of drug-likeness (QED) is 0.393. The molecule has 0 radical (unpaired) electrons. The number of aromatic amines is 1. The van der Waals surface area contributed by atoms with Crippen molar-refractivity contribution in [3.05, 3.63) is 97.1 Å². The molecular weight excluding hydrogens is 448 g/mol. The van der Waals surface area contributed by atoms with Crippen molar-refractivity contribution in [3.63, 3.8) is 0 Å². The first-order valence-electron chi connectivity index (χ1n) is 10.9. The molecule has 0 fully saturated rings. The van der Waals surface area contributed by atoms with Crippen molar-refractivity contribution >= 4 is 28.3 Å². The van der Waals surface area contributed by atoms with E-state index in [1.807, 2.05) is 62.7 Å². The van der Waals surface area contributed by atoms with Crippen LogP contribution in [0.5, 0.6) is 0 Å². The van der Waals surface area contributed by atoms with Crippen LogP contribution in [-0.2, 0) is 19.2 Å². The second-order valence-electron chi connectivity index (χ2n) is 8.50. The number of hydrogen-bond acceptors (Lipinski definition) is 6. The molecule has 5 rings (SSSR count). The summed E-state index contributed by atoms with van der Waals surface area (Å²) in [6.45, 7) is 5.82. The molecule has 0 aliphatic carbocycles. The third kappa shape index (κ3) is 3.92. The average molecular weight is 473 g/mol. The minimum Gasteiger partial charge on any atom is -0.357 e. The van der Waals surface area contributed by atoms with Crippen LogP contribution < -0.4 is 11.0 Å². The summed E-state index contributed by atoms with van der Waals surface area (Å²) in [4.78, 5) is 33.6. The van der Waals surface area contributed by atoms with Crippen molar-refractivity contribution in [2.75, 3.05) is 0 Å². The molecule has 5 aromatic rings. The van der Waals surface area contributed by atoms with Gasteiger partial charge in [-0.3, -0.25) is 14.0 Å². The lowest BCUT2D eigenvalue weighted by Gasteiger charge is -2.09. The van der Waals surface area contributed by atoms with Gasteiger partial charge in [-0.25, -0.2) is 4.98 Å². The smallest absolute Gasteiger partial charge is 0.261 e. The Morgan fingerprint density at radius 2 is 1.88 bits per heavy atom. The van der Waals surface area contributed by atoms with Gasteiger partial charge in [0.2, 0.25) is 0 Å². The van der Waals surface area contributed by atoms with Crippen LogP contribution in [0, 0.1) is 20.8 Å². The molecule has 9 heteroatoms. The molecule has 0 aliphatic rings. The van der Waals surface area contributed by atoms with E-state index in [1.54, 1.807) is 16.7 Å². The number of rotatable bonds is 5. The molecule has 34 heavy (non-hydrogen) atoms. The molecule has 0 saturated carbocycles. The molecule has 1 aromatic carbocycles. The Morgan fingerprint density at radius 1 is 1.06 bits per heavy atom. The van der Waals surface area contributed by atoms with Gasteiger partial charge < -0.3 is 9.55 Å². The van der Waals surface area contributed by atoms with Gasteiger partial charge in [0.1, 0.15) is 11.5 Å². The third-order valence-corrected chi connectivity index (χ3v) is 7.05. The maximum Gasteiger partial charge on any atom is 0.261 e. The van der Waals surface area contributed by atoms with Gasteiger partial charge in [0.25, 0.3) is 5.56 Å². The number of nitrogens with one attached hydrogen (secondary N) is 1. The largest absolute Gasteiger partial charge is 0.357 e. The number of pyridine rings is 2. The normalized spacial score (nSPS) is 11.5. The molecule has 0 unspecified atom stereocenters. The highest BCUT2D eigenvalue weighted by atomic mass is 32.2. The Balaban J connectivity index is 1.40. The zero-order chi connectivity index (χ0) is 24.0. The Labute approximate surface area is 199 Å². The second kappa shape index (κ2) is 8.57. The number of aryl methyl sites for hydroxylation is 3. The van der Waals surface area contributed by atoms with E-state index in [0.717, 1.165) is 27.7 Å². The summed E-state index contributed by atoms with van der Waals surface area (Å²) >= 11 is 1.49. The molecule has 0 spiro atoms. The Hall–Kier alpha value is -3.72. The number of hydrogen-bond donors (Lipinski definition) is 1. The predicted molar refractivity (Wildman–Crippen MR) is 134 cm³/mol. The minimum atomic E-state index is -0.0976. The number of fused-ring (bicyclic) bond motifs is 2. The lowest BCUT2D eigenvalue weighted by molar-refractivity contribution is 0.743. The number of aromatic nitrogens is 6.